The van der Waals surface area contributed by atoms with Crippen LogP contribution in [0.15, 0.2) is 30.3 Å². The van der Waals surface area contributed by atoms with Crippen LogP contribution in [0.5, 0.6) is 0 Å². The van der Waals surface area contributed by atoms with E-state index in [0.717, 1.165) is 0 Å². The standard InChI is InChI=1S/C11H15O2PS2/c1-3-15-14(13,16-4-2)11(12)10-8-6-5-7-9-10/h5-9H,3-4H2,1-2H3. The number of hydrogen-bond donors (Lipinski definition) is 0. The average molecular weight is 274 g/mol. The molecule has 1 aromatic carbocycles. The molecule has 0 saturated heterocycles. The van der Waals surface area contributed by atoms with Gasteiger partial charge in [0.1, 0.15) is 0 Å². The highest BCUT2D eigenvalue weighted by Gasteiger charge is 2.32. The van der Waals surface area contributed by atoms with Crippen LogP contribution in [0.1, 0.15) is 24.2 Å². The van der Waals surface area contributed by atoms with E-state index in [2.05, 4.69) is 0 Å². The summed E-state index contributed by atoms with van der Waals surface area (Å²) in [5, 5.41) is 0. The fourth-order valence-corrected chi connectivity index (χ4v) is 8.85. The molecule has 5 heteroatoms. The predicted molar refractivity (Wildman–Crippen MR) is 74.6 cm³/mol. The normalized spacial score (nSPS) is 11.4. The van der Waals surface area contributed by atoms with E-state index in [-0.39, 0.29) is 5.52 Å². The molecule has 0 aliphatic heterocycles. The summed E-state index contributed by atoms with van der Waals surface area (Å²) in [4.78, 5) is 12.1. The van der Waals surface area contributed by atoms with Crippen LogP contribution < -0.4 is 0 Å². The van der Waals surface area contributed by atoms with Crippen molar-refractivity contribution in [2.24, 2.45) is 0 Å². The van der Waals surface area contributed by atoms with E-state index >= 15 is 0 Å². The SMILES string of the molecule is CCSP(=O)(SCC)C(=O)c1ccccc1. The molecule has 0 N–H and O–H groups in total. The molecule has 0 aromatic heterocycles. The molecule has 0 atom stereocenters. The molecule has 1 aromatic rings. The van der Waals surface area contributed by atoms with Crippen molar-refractivity contribution >= 4 is 33.8 Å². The van der Waals surface area contributed by atoms with Gasteiger partial charge in [-0.05, 0) is 11.5 Å². The van der Waals surface area contributed by atoms with Crippen molar-refractivity contribution in [3.8, 4) is 0 Å². The van der Waals surface area contributed by atoms with Crippen molar-refractivity contribution in [3.05, 3.63) is 35.9 Å². The van der Waals surface area contributed by atoms with Crippen molar-refractivity contribution in [1.82, 2.24) is 0 Å². The van der Waals surface area contributed by atoms with Gasteiger partial charge in [-0.15, -0.1) is 0 Å². The Bertz CT molecular complexity index is 382. The highest BCUT2D eigenvalue weighted by molar-refractivity contribution is 8.94. The van der Waals surface area contributed by atoms with Crippen molar-refractivity contribution in [2.45, 2.75) is 13.8 Å². The second kappa shape index (κ2) is 6.53. The van der Waals surface area contributed by atoms with Crippen LogP contribution in [0.25, 0.3) is 0 Å². The molecule has 16 heavy (non-hydrogen) atoms. The third-order valence-electron chi connectivity index (χ3n) is 1.87. The second-order valence-electron chi connectivity index (χ2n) is 3.00. The van der Waals surface area contributed by atoms with Crippen LogP contribution in [0, 0.1) is 0 Å². The fraction of sp³-hybridized carbons (Fsp3) is 0.364. The van der Waals surface area contributed by atoms with Gasteiger partial charge in [0.25, 0.3) is 5.55 Å². The number of rotatable bonds is 6. The minimum absolute atomic E-state index is 0.216. The van der Waals surface area contributed by atoms with Gasteiger partial charge < -0.3 is 0 Å². The lowest BCUT2D eigenvalue weighted by atomic mass is 10.2. The smallest absolute Gasteiger partial charge is 0.258 e. The minimum atomic E-state index is -2.84. The van der Waals surface area contributed by atoms with Crippen LogP contribution in [-0.2, 0) is 4.57 Å². The lowest BCUT2D eigenvalue weighted by Crippen LogP contribution is -1.96. The molecule has 0 spiro atoms. The Balaban J connectivity index is 2.96. The average Bonchev–Trinajstić information content (AvgIpc) is 2.30. The van der Waals surface area contributed by atoms with Gasteiger partial charge in [0, 0.05) is 5.56 Å². The van der Waals surface area contributed by atoms with Gasteiger partial charge in [-0.2, -0.15) is 0 Å². The third-order valence-corrected chi connectivity index (χ3v) is 10.3. The molecule has 0 bridgehead atoms. The highest BCUT2D eigenvalue weighted by atomic mass is 33.1. The Labute approximate surface area is 104 Å². The highest BCUT2D eigenvalue weighted by Crippen LogP contribution is 2.70. The van der Waals surface area contributed by atoms with Crippen molar-refractivity contribution in [2.75, 3.05) is 11.5 Å². The molecule has 0 aliphatic rings. The van der Waals surface area contributed by atoms with Crippen LogP contribution in [0.3, 0.4) is 0 Å². The van der Waals surface area contributed by atoms with E-state index in [1.165, 1.54) is 22.8 Å². The molecule has 0 radical (unpaired) electrons. The summed E-state index contributed by atoms with van der Waals surface area (Å²) in [5.41, 5.74) is -2.50. The lowest BCUT2D eigenvalue weighted by Gasteiger charge is -2.13. The van der Waals surface area contributed by atoms with Gasteiger partial charge in [-0.3, -0.25) is 9.36 Å². The number of hydrogen-bond acceptors (Lipinski definition) is 4. The van der Waals surface area contributed by atoms with Crippen molar-refractivity contribution in [1.29, 1.82) is 0 Å². The molecule has 0 amide bonds. The fourth-order valence-electron chi connectivity index (χ4n) is 1.23. The Morgan fingerprint density at radius 3 is 2.06 bits per heavy atom. The van der Waals surface area contributed by atoms with Crippen molar-refractivity contribution < 1.29 is 9.36 Å². The number of carbonyl (C=O) groups excluding carboxylic acids is 1. The van der Waals surface area contributed by atoms with E-state index in [1.54, 1.807) is 24.3 Å². The Hall–Kier alpha value is -0.180. The molecule has 0 fully saturated rings. The summed E-state index contributed by atoms with van der Waals surface area (Å²) in [5.74, 6) is 1.39. The Kier molecular flexibility index (Phi) is 5.67. The first kappa shape index (κ1) is 13.9. The van der Waals surface area contributed by atoms with Crippen LogP contribution in [0.4, 0.5) is 0 Å². The summed E-state index contributed by atoms with van der Waals surface area (Å²) in [6.45, 7) is 3.84. The zero-order valence-electron chi connectivity index (χ0n) is 9.38. The molecule has 0 heterocycles. The second-order valence-corrected chi connectivity index (χ2v) is 11.4. The van der Waals surface area contributed by atoms with Crippen LogP contribution in [0.2, 0.25) is 0 Å². The van der Waals surface area contributed by atoms with Crippen LogP contribution in [-0.4, -0.2) is 17.0 Å². The monoisotopic (exact) mass is 274 g/mol. The van der Waals surface area contributed by atoms with Gasteiger partial charge in [-0.1, -0.05) is 66.9 Å². The number of benzene rings is 1. The first-order chi connectivity index (χ1) is 7.64. The first-order valence-electron chi connectivity index (χ1n) is 5.13. The lowest BCUT2D eigenvalue weighted by molar-refractivity contribution is 0.108. The van der Waals surface area contributed by atoms with E-state index in [9.17, 15) is 9.36 Å². The molecule has 0 unspecified atom stereocenters. The van der Waals surface area contributed by atoms with Crippen LogP contribution >= 0.6 is 28.3 Å². The van der Waals surface area contributed by atoms with Crippen molar-refractivity contribution in [3.63, 3.8) is 0 Å². The van der Waals surface area contributed by atoms with Gasteiger partial charge >= 0.3 is 0 Å². The molecular formula is C11H15O2PS2. The van der Waals surface area contributed by atoms with Gasteiger partial charge in [0.2, 0.25) is 5.52 Å². The van der Waals surface area contributed by atoms with Gasteiger partial charge in [-0.25, -0.2) is 0 Å². The largest absolute Gasteiger partial charge is 0.292 e. The van der Waals surface area contributed by atoms with Gasteiger partial charge in [0.15, 0.2) is 0 Å². The van der Waals surface area contributed by atoms with E-state index in [1.807, 2.05) is 19.9 Å². The van der Waals surface area contributed by atoms with E-state index in [0.29, 0.717) is 17.1 Å². The molecular weight excluding hydrogens is 259 g/mol. The molecule has 88 valence electrons. The minimum Gasteiger partial charge on any atom is -0.292 e. The zero-order chi connectivity index (χ0) is 12.0. The molecule has 0 aliphatic carbocycles. The van der Waals surface area contributed by atoms with E-state index < -0.39 is 5.55 Å². The molecule has 2 nitrogen and oxygen atoms in total. The number of carbonyl (C=O) groups is 1. The first-order valence-corrected chi connectivity index (χ1v) is 10.0. The summed E-state index contributed by atoms with van der Waals surface area (Å²) in [7, 11) is 0. The van der Waals surface area contributed by atoms with E-state index in [4.69, 9.17) is 0 Å². The quantitative estimate of drug-likeness (QED) is 0.714. The maximum Gasteiger partial charge on any atom is 0.258 e. The maximum atomic E-state index is 12.5. The summed E-state index contributed by atoms with van der Waals surface area (Å²) in [6, 6.07) is 8.89. The Morgan fingerprint density at radius 2 is 1.62 bits per heavy atom. The summed E-state index contributed by atoms with van der Waals surface area (Å²) < 4.78 is 12.5. The predicted octanol–water partition coefficient (Wildman–Crippen LogP) is 4.53. The summed E-state index contributed by atoms with van der Waals surface area (Å²) >= 11 is 2.55. The van der Waals surface area contributed by atoms with Gasteiger partial charge in [0.05, 0.1) is 0 Å². The summed E-state index contributed by atoms with van der Waals surface area (Å²) in [6.07, 6.45) is 0. The molecule has 0 saturated carbocycles. The topological polar surface area (TPSA) is 34.1 Å². The molecule has 1 rings (SSSR count). The maximum absolute atomic E-state index is 12.5. The third kappa shape index (κ3) is 3.41. The Morgan fingerprint density at radius 1 is 1.12 bits per heavy atom. The zero-order valence-corrected chi connectivity index (χ0v) is 11.9.